The van der Waals surface area contributed by atoms with E-state index < -0.39 is 11.9 Å². The molecule has 18 heavy (non-hydrogen) atoms. The molecule has 1 atom stereocenters. The Morgan fingerprint density at radius 2 is 2.00 bits per heavy atom. The molecule has 0 heterocycles. The van der Waals surface area contributed by atoms with E-state index in [4.69, 9.17) is 10.8 Å². The number of aliphatic carboxylic acids is 1. The number of benzene rings is 1. The molecule has 98 valence electrons. The second-order valence-corrected chi connectivity index (χ2v) is 4.16. The van der Waals surface area contributed by atoms with Gasteiger partial charge in [-0.15, -0.1) is 0 Å². The van der Waals surface area contributed by atoms with Gasteiger partial charge in [-0.25, -0.2) is 0 Å². The molecule has 1 aromatic rings. The molecule has 1 amide bonds. The Balaban J connectivity index is 3.19. The molecule has 0 aromatic heterocycles. The summed E-state index contributed by atoms with van der Waals surface area (Å²) < 4.78 is 0. The van der Waals surface area contributed by atoms with Crippen molar-refractivity contribution < 1.29 is 14.7 Å². The molecule has 0 aliphatic heterocycles. The van der Waals surface area contributed by atoms with Gasteiger partial charge in [0.05, 0.1) is 11.3 Å². The SMILES string of the molecule is CCC(C)N(CC(=O)O)c1ccccc1C(N)=O. The van der Waals surface area contributed by atoms with Crippen LogP contribution in [0.1, 0.15) is 30.6 Å². The van der Waals surface area contributed by atoms with Crippen molar-refractivity contribution in [3.63, 3.8) is 0 Å². The second-order valence-electron chi connectivity index (χ2n) is 4.16. The summed E-state index contributed by atoms with van der Waals surface area (Å²) in [7, 11) is 0. The minimum Gasteiger partial charge on any atom is -0.480 e. The Morgan fingerprint density at radius 3 is 2.50 bits per heavy atom. The number of carbonyl (C=O) groups excluding carboxylic acids is 1. The number of anilines is 1. The Morgan fingerprint density at radius 1 is 1.39 bits per heavy atom. The molecule has 5 heteroatoms. The maximum atomic E-state index is 11.4. The maximum absolute atomic E-state index is 11.4. The number of rotatable bonds is 6. The molecule has 0 aliphatic rings. The van der Waals surface area contributed by atoms with Gasteiger partial charge in [0.25, 0.3) is 5.91 Å². The minimum absolute atomic E-state index is 0.0154. The number of primary amides is 1. The van der Waals surface area contributed by atoms with Crippen molar-refractivity contribution in [2.75, 3.05) is 11.4 Å². The zero-order chi connectivity index (χ0) is 13.7. The van der Waals surface area contributed by atoms with E-state index in [1.165, 1.54) is 0 Å². The third kappa shape index (κ3) is 3.23. The lowest BCUT2D eigenvalue weighted by Crippen LogP contribution is -2.38. The topological polar surface area (TPSA) is 83.6 Å². The first-order valence-corrected chi connectivity index (χ1v) is 5.84. The predicted octanol–water partition coefficient (Wildman–Crippen LogP) is 1.47. The summed E-state index contributed by atoms with van der Waals surface area (Å²) in [5, 5.41) is 8.96. The summed E-state index contributed by atoms with van der Waals surface area (Å²) >= 11 is 0. The fraction of sp³-hybridized carbons (Fsp3) is 0.385. The molecular formula is C13H18N2O3. The van der Waals surface area contributed by atoms with Crippen molar-refractivity contribution in [1.29, 1.82) is 0 Å². The molecule has 0 saturated carbocycles. The predicted molar refractivity (Wildman–Crippen MR) is 69.7 cm³/mol. The van der Waals surface area contributed by atoms with Gasteiger partial charge in [-0.3, -0.25) is 9.59 Å². The van der Waals surface area contributed by atoms with Crippen LogP contribution in [0, 0.1) is 0 Å². The van der Waals surface area contributed by atoms with Gasteiger partial charge in [0.15, 0.2) is 0 Å². The van der Waals surface area contributed by atoms with Crippen LogP contribution in [0.25, 0.3) is 0 Å². The zero-order valence-electron chi connectivity index (χ0n) is 10.6. The number of nitrogens with zero attached hydrogens (tertiary/aromatic N) is 1. The van der Waals surface area contributed by atoms with Crippen LogP contribution < -0.4 is 10.6 Å². The highest BCUT2D eigenvalue weighted by atomic mass is 16.4. The fourth-order valence-electron chi connectivity index (χ4n) is 1.78. The highest BCUT2D eigenvalue weighted by molar-refractivity contribution is 5.99. The molecule has 0 radical (unpaired) electrons. The van der Waals surface area contributed by atoms with Gasteiger partial charge in [0, 0.05) is 6.04 Å². The van der Waals surface area contributed by atoms with E-state index in [2.05, 4.69) is 0 Å². The number of para-hydroxylation sites is 1. The first kappa shape index (κ1) is 14.0. The number of amides is 1. The number of nitrogens with two attached hydrogens (primary N) is 1. The third-order valence-corrected chi connectivity index (χ3v) is 2.91. The quantitative estimate of drug-likeness (QED) is 0.801. The smallest absolute Gasteiger partial charge is 0.323 e. The van der Waals surface area contributed by atoms with Gasteiger partial charge in [0.2, 0.25) is 0 Å². The number of carboxylic acids is 1. The minimum atomic E-state index is -0.936. The van der Waals surface area contributed by atoms with Crippen molar-refractivity contribution >= 4 is 17.6 Å². The van der Waals surface area contributed by atoms with Crippen molar-refractivity contribution in [1.82, 2.24) is 0 Å². The summed E-state index contributed by atoms with van der Waals surface area (Å²) in [4.78, 5) is 24.0. The molecule has 1 aromatic carbocycles. The largest absolute Gasteiger partial charge is 0.480 e. The maximum Gasteiger partial charge on any atom is 0.323 e. The number of hydrogen-bond donors (Lipinski definition) is 2. The van der Waals surface area contributed by atoms with Gasteiger partial charge in [-0.2, -0.15) is 0 Å². The number of hydrogen-bond acceptors (Lipinski definition) is 3. The average Bonchev–Trinajstić information content (AvgIpc) is 2.34. The second kappa shape index (κ2) is 6.05. The highest BCUT2D eigenvalue weighted by Crippen LogP contribution is 2.23. The van der Waals surface area contributed by atoms with Crippen LogP contribution in [0.2, 0.25) is 0 Å². The van der Waals surface area contributed by atoms with Gasteiger partial charge >= 0.3 is 5.97 Å². The Labute approximate surface area is 106 Å². The van der Waals surface area contributed by atoms with E-state index in [-0.39, 0.29) is 12.6 Å². The third-order valence-electron chi connectivity index (χ3n) is 2.91. The zero-order valence-corrected chi connectivity index (χ0v) is 10.6. The Bertz CT molecular complexity index is 446. The molecule has 0 fully saturated rings. The summed E-state index contributed by atoms with van der Waals surface area (Å²) in [5.74, 6) is -1.49. The molecule has 0 spiro atoms. The van der Waals surface area contributed by atoms with Crippen LogP contribution in [0.15, 0.2) is 24.3 Å². The van der Waals surface area contributed by atoms with E-state index in [0.29, 0.717) is 11.3 Å². The van der Waals surface area contributed by atoms with Crippen LogP contribution >= 0.6 is 0 Å². The van der Waals surface area contributed by atoms with E-state index in [1.807, 2.05) is 13.8 Å². The Hall–Kier alpha value is -2.04. The van der Waals surface area contributed by atoms with E-state index in [1.54, 1.807) is 29.2 Å². The fourth-order valence-corrected chi connectivity index (χ4v) is 1.78. The lowest BCUT2D eigenvalue weighted by atomic mass is 10.1. The Kier molecular flexibility index (Phi) is 4.71. The average molecular weight is 250 g/mol. The van der Waals surface area contributed by atoms with Crippen LogP contribution in [-0.4, -0.2) is 29.6 Å². The van der Waals surface area contributed by atoms with Crippen molar-refractivity contribution in [2.45, 2.75) is 26.3 Å². The molecule has 3 N–H and O–H groups in total. The highest BCUT2D eigenvalue weighted by Gasteiger charge is 2.20. The summed E-state index contributed by atoms with van der Waals surface area (Å²) in [6.45, 7) is 3.73. The molecule has 0 bridgehead atoms. The van der Waals surface area contributed by atoms with Gasteiger partial charge in [-0.1, -0.05) is 19.1 Å². The molecule has 1 rings (SSSR count). The molecule has 1 unspecified atom stereocenters. The molecule has 0 saturated heterocycles. The van der Waals surface area contributed by atoms with Crippen LogP contribution in [0.3, 0.4) is 0 Å². The van der Waals surface area contributed by atoms with Gasteiger partial charge in [-0.05, 0) is 25.5 Å². The van der Waals surface area contributed by atoms with E-state index in [0.717, 1.165) is 6.42 Å². The summed E-state index contributed by atoms with van der Waals surface area (Å²) in [6, 6.07) is 6.81. The van der Waals surface area contributed by atoms with E-state index >= 15 is 0 Å². The monoisotopic (exact) mass is 250 g/mol. The number of carbonyl (C=O) groups is 2. The van der Waals surface area contributed by atoms with Gasteiger partial charge < -0.3 is 15.7 Å². The normalized spacial score (nSPS) is 11.9. The first-order valence-electron chi connectivity index (χ1n) is 5.84. The van der Waals surface area contributed by atoms with Crippen molar-refractivity contribution in [3.05, 3.63) is 29.8 Å². The summed E-state index contributed by atoms with van der Waals surface area (Å²) in [6.07, 6.45) is 0.778. The lowest BCUT2D eigenvalue weighted by Gasteiger charge is -2.30. The number of carboxylic acid groups (broad SMARTS) is 1. The summed E-state index contributed by atoms with van der Waals surface area (Å²) in [5.41, 5.74) is 6.23. The molecule has 0 aliphatic carbocycles. The molecule has 5 nitrogen and oxygen atoms in total. The van der Waals surface area contributed by atoms with Gasteiger partial charge in [0.1, 0.15) is 6.54 Å². The van der Waals surface area contributed by atoms with Crippen LogP contribution in [0.4, 0.5) is 5.69 Å². The van der Waals surface area contributed by atoms with Crippen LogP contribution in [0.5, 0.6) is 0 Å². The van der Waals surface area contributed by atoms with Crippen molar-refractivity contribution in [2.24, 2.45) is 5.73 Å². The van der Waals surface area contributed by atoms with E-state index in [9.17, 15) is 9.59 Å². The molecular weight excluding hydrogens is 232 g/mol. The van der Waals surface area contributed by atoms with Crippen LogP contribution in [-0.2, 0) is 4.79 Å². The first-order chi connectivity index (χ1) is 8.47. The lowest BCUT2D eigenvalue weighted by molar-refractivity contribution is -0.135. The van der Waals surface area contributed by atoms with Crippen molar-refractivity contribution in [3.8, 4) is 0 Å². The standard InChI is InChI=1S/C13H18N2O3/c1-3-9(2)15(8-12(16)17)11-7-5-4-6-10(11)13(14)18/h4-7,9H,3,8H2,1-2H3,(H2,14,18)(H,16,17).